The zero-order chi connectivity index (χ0) is 13.4. The SMILES string of the molecule is C=CC[O].Cc1c(C(=O)O)cccc1C(=O)O. The van der Waals surface area contributed by atoms with Crippen molar-refractivity contribution in [2.45, 2.75) is 6.92 Å². The molecule has 17 heavy (non-hydrogen) atoms. The molecular weight excluding hydrogens is 224 g/mol. The van der Waals surface area contributed by atoms with Crippen LogP contribution in [0.4, 0.5) is 0 Å². The molecule has 0 unspecified atom stereocenters. The van der Waals surface area contributed by atoms with Crippen LogP contribution in [0.3, 0.4) is 0 Å². The minimum atomic E-state index is -1.11. The highest BCUT2D eigenvalue weighted by molar-refractivity contribution is 5.96. The second kappa shape index (κ2) is 7.19. The maximum atomic E-state index is 10.6. The summed E-state index contributed by atoms with van der Waals surface area (Å²) < 4.78 is 0. The number of rotatable bonds is 3. The Kier molecular flexibility index (Phi) is 6.28. The second-order valence-corrected chi connectivity index (χ2v) is 3.04. The molecule has 0 saturated heterocycles. The predicted molar refractivity (Wildman–Crippen MR) is 60.8 cm³/mol. The average Bonchev–Trinajstić information content (AvgIpc) is 2.29. The number of carboxylic acid groups (broad SMARTS) is 2. The quantitative estimate of drug-likeness (QED) is 0.786. The highest BCUT2D eigenvalue weighted by Crippen LogP contribution is 2.13. The topological polar surface area (TPSA) is 94.5 Å². The number of hydrogen-bond donors (Lipinski definition) is 2. The molecule has 0 aromatic heterocycles. The van der Waals surface area contributed by atoms with Crippen molar-refractivity contribution < 1.29 is 24.9 Å². The van der Waals surface area contributed by atoms with Crippen molar-refractivity contribution >= 4 is 11.9 Å². The molecule has 91 valence electrons. The zero-order valence-corrected chi connectivity index (χ0v) is 9.34. The van der Waals surface area contributed by atoms with Gasteiger partial charge >= 0.3 is 11.9 Å². The summed E-state index contributed by atoms with van der Waals surface area (Å²) in [5.74, 6) is -2.22. The molecule has 0 amide bonds. The van der Waals surface area contributed by atoms with Gasteiger partial charge in [-0.1, -0.05) is 12.1 Å². The van der Waals surface area contributed by atoms with Gasteiger partial charge < -0.3 is 10.2 Å². The molecular formula is C12H13O5. The van der Waals surface area contributed by atoms with Gasteiger partial charge in [0.05, 0.1) is 11.1 Å². The molecule has 5 nitrogen and oxygen atoms in total. The molecule has 0 spiro atoms. The third kappa shape index (κ3) is 4.48. The van der Waals surface area contributed by atoms with E-state index >= 15 is 0 Å². The molecule has 5 heteroatoms. The molecule has 0 aliphatic carbocycles. The molecule has 0 aliphatic rings. The van der Waals surface area contributed by atoms with E-state index in [2.05, 4.69) is 6.58 Å². The van der Waals surface area contributed by atoms with Crippen LogP contribution in [0.5, 0.6) is 0 Å². The number of aromatic carboxylic acids is 2. The lowest BCUT2D eigenvalue weighted by atomic mass is 10.0. The van der Waals surface area contributed by atoms with E-state index < -0.39 is 11.9 Å². The summed E-state index contributed by atoms with van der Waals surface area (Å²) in [6, 6.07) is 4.17. The second-order valence-electron chi connectivity index (χ2n) is 3.04. The third-order valence-corrected chi connectivity index (χ3v) is 1.91. The van der Waals surface area contributed by atoms with E-state index in [0.29, 0.717) is 0 Å². The molecule has 0 fully saturated rings. The molecule has 0 atom stereocenters. The van der Waals surface area contributed by atoms with Gasteiger partial charge in [-0.2, -0.15) is 0 Å². The van der Waals surface area contributed by atoms with Gasteiger partial charge in [0.2, 0.25) is 0 Å². The highest BCUT2D eigenvalue weighted by Gasteiger charge is 2.13. The molecule has 0 heterocycles. The molecule has 2 N–H and O–H groups in total. The van der Waals surface area contributed by atoms with Gasteiger partial charge in [-0.05, 0) is 24.6 Å². The molecule has 1 aromatic carbocycles. The fourth-order valence-corrected chi connectivity index (χ4v) is 1.10. The zero-order valence-electron chi connectivity index (χ0n) is 9.34. The van der Waals surface area contributed by atoms with Crippen molar-refractivity contribution in [1.82, 2.24) is 0 Å². The van der Waals surface area contributed by atoms with Crippen molar-refractivity contribution in [2.75, 3.05) is 6.61 Å². The molecule has 0 saturated carbocycles. The molecule has 0 bridgehead atoms. The van der Waals surface area contributed by atoms with Crippen molar-refractivity contribution in [1.29, 1.82) is 0 Å². The largest absolute Gasteiger partial charge is 0.478 e. The fourth-order valence-electron chi connectivity index (χ4n) is 1.10. The Morgan fingerprint density at radius 1 is 1.24 bits per heavy atom. The minimum Gasteiger partial charge on any atom is -0.478 e. The standard InChI is InChI=1S/C9H8O4.C3H5O/c1-5-6(8(10)11)3-2-4-7(5)9(12)13;1-2-3-4/h2-4H,1H3,(H,10,11)(H,12,13);2H,1,3H2. The molecule has 0 aliphatic heterocycles. The smallest absolute Gasteiger partial charge is 0.335 e. The number of carboxylic acids is 2. The van der Waals surface area contributed by atoms with Crippen LogP contribution in [-0.2, 0) is 5.11 Å². The van der Waals surface area contributed by atoms with Crippen molar-refractivity contribution in [2.24, 2.45) is 0 Å². The number of hydrogen-bond acceptors (Lipinski definition) is 2. The van der Waals surface area contributed by atoms with Gasteiger partial charge in [0.15, 0.2) is 0 Å². The summed E-state index contributed by atoms with van der Waals surface area (Å²) in [5.41, 5.74) is 0.335. The van der Waals surface area contributed by atoms with Gasteiger partial charge in [-0.25, -0.2) is 14.7 Å². The van der Waals surface area contributed by atoms with E-state index in [9.17, 15) is 14.7 Å². The van der Waals surface area contributed by atoms with Crippen molar-refractivity contribution in [3.63, 3.8) is 0 Å². The minimum absolute atomic E-state index is 0.0277. The van der Waals surface area contributed by atoms with Crippen LogP contribution < -0.4 is 0 Å². The normalized spacial score (nSPS) is 8.82. The average molecular weight is 237 g/mol. The Bertz CT molecular complexity index is 391. The van der Waals surface area contributed by atoms with Crippen LogP contribution in [0.2, 0.25) is 0 Å². The van der Waals surface area contributed by atoms with E-state index in [1.807, 2.05) is 0 Å². The van der Waals surface area contributed by atoms with E-state index in [0.717, 1.165) is 0 Å². The lowest BCUT2D eigenvalue weighted by Crippen LogP contribution is -2.06. The van der Waals surface area contributed by atoms with Crippen LogP contribution in [0.25, 0.3) is 0 Å². The van der Waals surface area contributed by atoms with E-state index in [1.165, 1.54) is 31.2 Å². The van der Waals surface area contributed by atoms with Crippen LogP contribution in [0.1, 0.15) is 26.3 Å². The summed E-state index contributed by atoms with van der Waals surface area (Å²) >= 11 is 0. The van der Waals surface area contributed by atoms with Crippen LogP contribution in [-0.4, -0.2) is 28.8 Å². The summed E-state index contributed by atoms with van der Waals surface area (Å²) in [4.78, 5) is 21.2. The lowest BCUT2D eigenvalue weighted by molar-refractivity contribution is 0.0696. The first-order valence-electron chi connectivity index (χ1n) is 4.70. The van der Waals surface area contributed by atoms with E-state index in [-0.39, 0.29) is 23.3 Å². The van der Waals surface area contributed by atoms with Crippen molar-refractivity contribution in [3.8, 4) is 0 Å². The van der Waals surface area contributed by atoms with Gasteiger partial charge in [0, 0.05) is 0 Å². The van der Waals surface area contributed by atoms with Gasteiger partial charge in [0.25, 0.3) is 0 Å². The monoisotopic (exact) mass is 237 g/mol. The predicted octanol–water partition coefficient (Wildman–Crippen LogP) is 1.99. The molecule has 1 aromatic rings. The summed E-state index contributed by atoms with van der Waals surface area (Å²) in [6.45, 7) is 4.48. The maximum absolute atomic E-state index is 10.6. The Hall–Kier alpha value is -2.14. The van der Waals surface area contributed by atoms with Crippen LogP contribution in [0, 0.1) is 6.92 Å². The Labute approximate surface area is 98.6 Å². The van der Waals surface area contributed by atoms with E-state index in [1.54, 1.807) is 0 Å². The fraction of sp³-hybridized carbons (Fsp3) is 0.167. The molecule has 1 rings (SSSR count). The number of benzene rings is 1. The van der Waals surface area contributed by atoms with E-state index in [4.69, 9.17) is 10.2 Å². The highest BCUT2D eigenvalue weighted by atomic mass is 16.4. The van der Waals surface area contributed by atoms with Crippen LogP contribution in [0.15, 0.2) is 30.9 Å². The maximum Gasteiger partial charge on any atom is 0.335 e. The summed E-state index contributed by atoms with van der Waals surface area (Å²) in [5, 5.41) is 26.5. The number of carbonyl (C=O) groups is 2. The Morgan fingerprint density at radius 2 is 1.59 bits per heavy atom. The Balaban J connectivity index is 0.000000557. The lowest BCUT2D eigenvalue weighted by Gasteiger charge is -2.03. The summed E-state index contributed by atoms with van der Waals surface area (Å²) in [6.07, 6.45) is 1.32. The first-order valence-corrected chi connectivity index (χ1v) is 4.70. The Morgan fingerprint density at radius 3 is 1.82 bits per heavy atom. The molecule has 1 radical (unpaired) electrons. The van der Waals surface area contributed by atoms with Gasteiger partial charge in [-0.3, -0.25) is 0 Å². The van der Waals surface area contributed by atoms with Crippen molar-refractivity contribution in [3.05, 3.63) is 47.5 Å². The van der Waals surface area contributed by atoms with Gasteiger partial charge in [-0.15, -0.1) is 6.58 Å². The van der Waals surface area contributed by atoms with Gasteiger partial charge in [0.1, 0.15) is 6.61 Å². The third-order valence-electron chi connectivity index (χ3n) is 1.91. The first kappa shape index (κ1) is 14.9. The summed E-state index contributed by atoms with van der Waals surface area (Å²) in [7, 11) is 0. The first-order chi connectivity index (χ1) is 7.95. The van der Waals surface area contributed by atoms with Crippen LogP contribution >= 0.6 is 0 Å².